The number of carbonyl (C=O) groups is 1. The Kier molecular flexibility index (Phi) is 5.62. The highest BCUT2D eigenvalue weighted by Gasteiger charge is 2.27. The normalized spacial score (nSPS) is 14.6. The van der Waals surface area contributed by atoms with Crippen molar-refractivity contribution < 1.29 is 23.4 Å². The molecule has 0 spiro atoms. The van der Waals surface area contributed by atoms with E-state index in [2.05, 4.69) is 4.72 Å². The number of nitrogens with one attached hydrogen (secondary N) is 1. The van der Waals surface area contributed by atoms with Gasteiger partial charge in [-0.3, -0.25) is 0 Å². The van der Waals surface area contributed by atoms with Gasteiger partial charge in [0.05, 0.1) is 16.1 Å². The topological polar surface area (TPSA) is 130 Å². The molecule has 118 valence electrons. The zero-order valence-corrected chi connectivity index (χ0v) is 13.3. The van der Waals surface area contributed by atoms with E-state index in [1.165, 1.54) is 24.8 Å². The maximum atomic E-state index is 12.2. The van der Waals surface area contributed by atoms with E-state index in [1.54, 1.807) is 6.26 Å². The zero-order valence-electron chi connectivity index (χ0n) is 11.7. The van der Waals surface area contributed by atoms with Crippen molar-refractivity contribution in [3.63, 3.8) is 0 Å². The van der Waals surface area contributed by atoms with Crippen LogP contribution in [0.2, 0.25) is 0 Å². The third-order valence-electron chi connectivity index (χ3n) is 2.62. The van der Waals surface area contributed by atoms with Crippen LogP contribution in [0.5, 0.6) is 0 Å². The van der Waals surface area contributed by atoms with Gasteiger partial charge in [0.15, 0.2) is 0 Å². The summed E-state index contributed by atoms with van der Waals surface area (Å²) in [5.74, 6) is -1.04. The Morgan fingerprint density at radius 3 is 2.62 bits per heavy atom. The van der Waals surface area contributed by atoms with Crippen molar-refractivity contribution in [2.75, 3.05) is 24.3 Å². The fourth-order valence-electron chi connectivity index (χ4n) is 1.63. The number of nitrogens with two attached hydrogens (primary N) is 1. The van der Waals surface area contributed by atoms with Gasteiger partial charge in [-0.25, -0.2) is 17.9 Å². The van der Waals surface area contributed by atoms with Crippen LogP contribution < -0.4 is 10.5 Å². The quantitative estimate of drug-likeness (QED) is 0.530. The third kappa shape index (κ3) is 4.88. The molecule has 0 saturated heterocycles. The first-order valence-corrected chi connectivity index (χ1v) is 8.80. The molecule has 5 N–H and O–H groups in total. The third-order valence-corrected chi connectivity index (χ3v) is 4.98. The summed E-state index contributed by atoms with van der Waals surface area (Å²) in [6.07, 6.45) is 1.78. The number of hydrogen-bond donors (Lipinski definition) is 4. The maximum Gasteiger partial charge on any atom is 0.337 e. The number of benzene rings is 1. The van der Waals surface area contributed by atoms with Crippen molar-refractivity contribution in [2.45, 2.75) is 17.4 Å². The van der Waals surface area contributed by atoms with Crippen molar-refractivity contribution in [2.24, 2.45) is 0 Å². The Morgan fingerprint density at radius 1 is 1.48 bits per heavy atom. The summed E-state index contributed by atoms with van der Waals surface area (Å²) in [5, 5.41) is 19.0. The monoisotopic (exact) mass is 334 g/mol. The summed E-state index contributed by atoms with van der Waals surface area (Å²) in [6, 6.07) is 3.52. The van der Waals surface area contributed by atoms with Crippen LogP contribution in [-0.2, 0) is 10.0 Å². The van der Waals surface area contributed by atoms with Gasteiger partial charge < -0.3 is 15.9 Å². The summed E-state index contributed by atoms with van der Waals surface area (Å²) in [7, 11) is -4.09. The van der Waals surface area contributed by atoms with Gasteiger partial charge in [-0.2, -0.15) is 11.8 Å². The Labute approximate surface area is 127 Å². The molecule has 1 aromatic carbocycles. The van der Waals surface area contributed by atoms with E-state index in [0.29, 0.717) is 5.75 Å². The number of anilines is 1. The number of hydrogen-bond acceptors (Lipinski definition) is 6. The molecule has 0 aliphatic rings. The standard InChI is InChI=1S/C12H18N2O5S2/c1-12(17,7-20-2)6-14-21(18,19)10-5-8(13)3-4-9(10)11(15)16/h3-5,14,17H,6-7,13H2,1-2H3,(H,15,16). The number of rotatable bonds is 7. The lowest BCUT2D eigenvalue weighted by Gasteiger charge is -2.22. The van der Waals surface area contributed by atoms with E-state index in [1.807, 2.05) is 0 Å². The molecule has 0 saturated carbocycles. The van der Waals surface area contributed by atoms with Gasteiger partial charge >= 0.3 is 5.97 Å². The molecule has 0 radical (unpaired) electrons. The lowest BCUT2D eigenvalue weighted by Crippen LogP contribution is -2.42. The Morgan fingerprint density at radius 2 is 2.10 bits per heavy atom. The fraction of sp³-hybridized carbons (Fsp3) is 0.417. The number of carboxylic acid groups (broad SMARTS) is 1. The Balaban J connectivity index is 3.09. The molecule has 0 aliphatic heterocycles. The first-order chi connectivity index (χ1) is 9.59. The van der Waals surface area contributed by atoms with Crippen LogP contribution in [0.25, 0.3) is 0 Å². The van der Waals surface area contributed by atoms with Crippen LogP contribution in [0, 0.1) is 0 Å². The average Bonchev–Trinajstić information content (AvgIpc) is 2.36. The van der Waals surface area contributed by atoms with Crippen LogP contribution in [0.15, 0.2) is 23.1 Å². The number of sulfonamides is 1. The van der Waals surface area contributed by atoms with E-state index in [4.69, 9.17) is 10.8 Å². The molecule has 0 fully saturated rings. The van der Waals surface area contributed by atoms with Crippen molar-refractivity contribution >= 4 is 33.4 Å². The second-order valence-corrected chi connectivity index (χ2v) is 7.42. The van der Waals surface area contributed by atoms with Crippen LogP contribution in [0.1, 0.15) is 17.3 Å². The maximum absolute atomic E-state index is 12.2. The highest BCUT2D eigenvalue weighted by Crippen LogP contribution is 2.20. The van der Waals surface area contributed by atoms with E-state index in [9.17, 15) is 18.3 Å². The number of aliphatic hydroxyl groups is 1. The molecular weight excluding hydrogens is 316 g/mol. The first-order valence-electron chi connectivity index (χ1n) is 5.93. The van der Waals surface area contributed by atoms with Crippen LogP contribution in [-0.4, -0.2) is 48.8 Å². The molecule has 21 heavy (non-hydrogen) atoms. The summed E-state index contributed by atoms with van der Waals surface area (Å²) in [5.41, 5.74) is 4.04. The van der Waals surface area contributed by atoms with Crippen molar-refractivity contribution in [1.29, 1.82) is 0 Å². The minimum absolute atomic E-state index is 0.135. The van der Waals surface area contributed by atoms with Crippen molar-refractivity contribution in [3.05, 3.63) is 23.8 Å². The summed E-state index contributed by atoms with van der Waals surface area (Å²) >= 11 is 1.37. The van der Waals surface area contributed by atoms with Crippen molar-refractivity contribution in [1.82, 2.24) is 4.72 Å². The predicted octanol–water partition coefficient (Wildman–Crippen LogP) is 0.359. The minimum atomic E-state index is -4.09. The van der Waals surface area contributed by atoms with Gasteiger partial charge in [0.2, 0.25) is 10.0 Å². The number of nitrogen functional groups attached to an aromatic ring is 1. The highest BCUT2D eigenvalue weighted by molar-refractivity contribution is 7.98. The van der Waals surface area contributed by atoms with Gasteiger partial charge in [0.1, 0.15) is 0 Å². The van der Waals surface area contributed by atoms with Crippen LogP contribution in [0.4, 0.5) is 5.69 Å². The smallest absolute Gasteiger partial charge is 0.337 e. The zero-order chi connectivity index (χ0) is 16.3. The van der Waals surface area contributed by atoms with Gasteiger partial charge in [-0.1, -0.05) is 0 Å². The van der Waals surface area contributed by atoms with Crippen LogP contribution in [0.3, 0.4) is 0 Å². The minimum Gasteiger partial charge on any atom is -0.478 e. The summed E-state index contributed by atoms with van der Waals surface area (Å²) < 4.78 is 26.6. The first kappa shape index (κ1) is 17.8. The number of aromatic carboxylic acids is 1. The van der Waals surface area contributed by atoms with Crippen molar-refractivity contribution in [3.8, 4) is 0 Å². The SMILES string of the molecule is CSCC(C)(O)CNS(=O)(=O)c1cc(N)ccc1C(=O)O. The fourth-order valence-corrected chi connectivity index (χ4v) is 3.74. The van der Waals surface area contributed by atoms with Crippen LogP contribution >= 0.6 is 11.8 Å². The van der Waals surface area contributed by atoms with Gasteiger partial charge in [0.25, 0.3) is 0 Å². The molecule has 0 amide bonds. The lowest BCUT2D eigenvalue weighted by molar-refractivity contribution is 0.0692. The van der Waals surface area contributed by atoms with Gasteiger partial charge in [-0.15, -0.1) is 0 Å². The molecule has 7 nitrogen and oxygen atoms in total. The second kappa shape index (κ2) is 6.65. The molecule has 1 unspecified atom stereocenters. The Hall–Kier alpha value is -1.29. The molecule has 0 heterocycles. The highest BCUT2D eigenvalue weighted by atomic mass is 32.2. The van der Waals surface area contributed by atoms with Gasteiger partial charge in [0, 0.05) is 18.0 Å². The largest absolute Gasteiger partial charge is 0.478 e. The molecule has 0 bridgehead atoms. The van der Waals surface area contributed by atoms with E-state index < -0.39 is 26.5 Å². The predicted molar refractivity (Wildman–Crippen MR) is 82.0 cm³/mol. The van der Waals surface area contributed by atoms with E-state index in [-0.39, 0.29) is 17.8 Å². The molecule has 1 rings (SSSR count). The number of thioether (sulfide) groups is 1. The molecule has 1 atom stereocenters. The number of carboxylic acids is 1. The molecule has 0 aliphatic carbocycles. The summed E-state index contributed by atoms with van der Waals surface area (Å²) in [4.78, 5) is 10.7. The summed E-state index contributed by atoms with van der Waals surface area (Å²) in [6.45, 7) is 1.26. The lowest BCUT2D eigenvalue weighted by atomic mass is 10.1. The van der Waals surface area contributed by atoms with Gasteiger partial charge in [-0.05, 0) is 31.4 Å². The molecule has 9 heteroatoms. The second-order valence-electron chi connectivity index (χ2n) is 4.82. The average molecular weight is 334 g/mol. The van der Waals surface area contributed by atoms with E-state index >= 15 is 0 Å². The molecule has 0 aromatic heterocycles. The Bertz CT molecular complexity index is 629. The molecular formula is C12H18N2O5S2. The van der Waals surface area contributed by atoms with E-state index in [0.717, 1.165) is 12.1 Å². The molecule has 1 aromatic rings.